The van der Waals surface area contributed by atoms with Crippen molar-refractivity contribution in [2.75, 3.05) is 46.6 Å². The quantitative estimate of drug-likeness (QED) is 0.232. The molecule has 1 aliphatic heterocycles. The van der Waals surface area contributed by atoms with Gasteiger partial charge in [-0.1, -0.05) is 23.7 Å². The monoisotopic (exact) mass is 554 g/mol. The summed E-state index contributed by atoms with van der Waals surface area (Å²) in [7, 11) is 0. The number of para-hydroxylation sites is 2. The Hall–Kier alpha value is -4.83. The molecule has 2 aromatic heterocycles. The lowest BCUT2D eigenvalue weighted by molar-refractivity contribution is 0.0985. The van der Waals surface area contributed by atoms with Crippen LogP contribution in [0.25, 0.3) is 11.0 Å². The lowest BCUT2D eigenvalue weighted by Crippen LogP contribution is -2.46. The van der Waals surface area contributed by atoms with Gasteiger partial charge in [0, 0.05) is 48.3 Å². The number of H-pyrrole nitrogens is 2. The third-order valence-electron chi connectivity index (χ3n) is 7.00. The number of imidazole rings is 2. The molecule has 4 N–H and O–H groups in total. The molecule has 1 saturated heterocycles. The van der Waals surface area contributed by atoms with Crippen molar-refractivity contribution >= 4 is 57.5 Å². The average Bonchev–Trinajstić information content (AvgIpc) is 3.62. The zero-order chi connectivity index (χ0) is 27.6. The van der Waals surface area contributed by atoms with Gasteiger partial charge in [0.15, 0.2) is 5.69 Å². The molecule has 40 heavy (non-hydrogen) atoms. The van der Waals surface area contributed by atoms with Crippen LogP contribution in [-0.2, 0) is 0 Å². The van der Waals surface area contributed by atoms with Crippen LogP contribution in [0.4, 0.5) is 23.0 Å². The molecular weight excluding hydrogens is 528 g/mol. The summed E-state index contributed by atoms with van der Waals surface area (Å²) in [4.78, 5) is 44.9. The number of benzene rings is 3. The molecule has 0 bridgehead atoms. The first-order valence-corrected chi connectivity index (χ1v) is 13.3. The average molecular weight is 555 g/mol. The summed E-state index contributed by atoms with van der Waals surface area (Å²) >= 11 is 6.03. The maximum absolute atomic E-state index is 13.1. The first-order valence-electron chi connectivity index (χ1n) is 12.9. The van der Waals surface area contributed by atoms with Gasteiger partial charge in [0.1, 0.15) is 5.69 Å². The number of nitrogens with one attached hydrogen (secondary N) is 4. The number of rotatable bonds is 6. The van der Waals surface area contributed by atoms with E-state index in [0.717, 1.165) is 53.5 Å². The number of nitrogens with zero attached hydrogens (tertiary/aromatic N) is 4. The Morgan fingerprint density at radius 3 is 2.30 bits per heavy atom. The van der Waals surface area contributed by atoms with Crippen LogP contribution in [-0.4, -0.2) is 57.9 Å². The zero-order valence-electron chi connectivity index (χ0n) is 21.7. The van der Waals surface area contributed by atoms with Crippen molar-refractivity contribution < 1.29 is 9.59 Å². The molecule has 1 aliphatic rings. The van der Waals surface area contributed by atoms with Crippen LogP contribution in [0.5, 0.6) is 0 Å². The minimum atomic E-state index is -0.522. The molecule has 10 nitrogen and oxygen atoms in total. The van der Waals surface area contributed by atoms with Crippen LogP contribution >= 0.6 is 11.6 Å². The minimum absolute atomic E-state index is 0.00425. The molecule has 6 rings (SSSR count). The van der Waals surface area contributed by atoms with Crippen LogP contribution < -0.4 is 20.4 Å². The SMILES string of the molecule is Cc1cc(N2CCN(c3ccc(Cl)cc3)CC2)ccc1NC(=O)c1nc[nH]c1C(=O)Nc1nc2ccccc2[nH]1. The van der Waals surface area contributed by atoms with Gasteiger partial charge in [0.05, 0.1) is 17.4 Å². The fourth-order valence-electron chi connectivity index (χ4n) is 4.86. The molecule has 0 radical (unpaired) electrons. The molecule has 0 unspecified atom stereocenters. The van der Waals surface area contributed by atoms with E-state index in [4.69, 9.17) is 11.6 Å². The zero-order valence-corrected chi connectivity index (χ0v) is 22.5. The Bertz CT molecular complexity index is 1650. The number of aromatic amines is 2. The summed E-state index contributed by atoms with van der Waals surface area (Å²) in [6.07, 6.45) is 1.32. The normalized spacial score (nSPS) is 13.4. The van der Waals surface area contributed by atoms with Crippen molar-refractivity contribution in [2.45, 2.75) is 6.92 Å². The molecule has 2 amide bonds. The smallest absolute Gasteiger partial charge is 0.276 e. The van der Waals surface area contributed by atoms with Crippen LogP contribution in [0.15, 0.2) is 73.1 Å². The van der Waals surface area contributed by atoms with Gasteiger partial charge in [-0.05, 0) is 67.1 Å². The number of aryl methyl sites for hydroxylation is 1. The van der Waals surface area contributed by atoms with Crippen LogP contribution in [0.3, 0.4) is 0 Å². The summed E-state index contributed by atoms with van der Waals surface area (Å²) in [5.41, 5.74) is 5.39. The lowest BCUT2D eigenvalue weighted by Gasteiger charge is -2.37. The molecule has 3 heterocycles. The molecule has 0 spiro atoms. The standard InChI is InChI=1S/C29H27ClN8O2/c1-18-16-21(38-14-12-37(13-15-38)20-8-6-19(30)7-9-20)10-11-22(18)33-27(39)25-26(32-17-31-25)28(40)36-29-34-23-4-2-3-5-24(23)35-29/h2-11,16-17H,12-15H2,1H3,(H,31,32)(H,33,39)(H2,34,35,36,40). The van der Waals surface area contributed by atoms with E-state index in [2.05, 4.69) is 46.4 Å². The first kappa shape index (κ1) is 25.4. The Morgan fingerprint density at radius 1 is 0.875 bits per heavy atom. The minimum Gasteiger partial charge on any atom is -0.368 e. The highest BCUT2D eigenvalue weighted by atomic mass is 35.5. The molecule has 11 heteroatoms. The van der Waals surface area contributed by atoms with Crippen molar-refractivity contribution in [1.29, 1.82) is 0 Å². The van der Waals surface area contributed by atoms with Gasteiger partial charge >= 0.3 is 0 Å². The summed E-state index contributed by atoms with van der Waals surface area (Å²) in [6, 6.07) is 21.3. The second-order valence-electron chi connectivity index (χ2n) is 9.59. The maximum Gasteiger partial charge on any atom is 0.276 e. The number of amides is 2. The van der Waals surface area contributed by atoms with E-state index in [-0.39, 0.29) is 17.3 Å². The van der Waals surface area contributed by atoms with E-state index in [9.17, 15) is 9.59 Å². The van der Waals surface area contributed by atoms with E-state index in [1.165, 1.54) is 12.0 Å². The highest BCUT2D eigenvalue weighted by molar-refractivity contribution is 6.30. The molecule has 202 valence electrons. The summed E-state index contributed by atoms with van der Waals surface area (Å²) in [6.45, 7) is 5.51. The van der Waals surface area contributed by atoms with E-state index in [1.54, 1.807) is 0 Å². The summed E-state index contributed by atoms with van der Waals surface area (Å²) in [5, 5.41) is 6.32. The molecule has 0 aliphatic carbocycles. The van der Waals surface area contributed by atoms with E-state index >= 15 is 0 Å². The second kappa shape index (κ2) is 10.7. The van der Waals surface area contributed by atoms with Gasteiger partial charge < -0.3 is 25.1 Å². The number of carbonyl (C=O) groups excluding carboxylic acids is 2. The molecule has 5 aromatic rings. The molecule has 0 saturated carbocycles. The number of anilines is 4. The van der Waals surface area contributed by atoms with Crippen LogP contribution in [0, 0.1) is 6.92 Å². The number of fused-ring (bicyclic) bond motifs is 1. The van der Waals surface area contributed by atoms with Crippen LogP contribution in [0.1, 0.15) is 26.5 Å². The van der Waals surface area contributed by atoms with Crippen molar-refractivity contribution in [2.24, 2.45) is 0 Å². The summed E-state index contributed by atoms with van der Waals surface area (Å²) < 4.78 is 0. The Kier molecular flexibility index (Phi) is 6.83. The van der Waals surface area contributed by atoms with Crippen molar-refractivity contribution in [1.82, 2.24) is 19.9 Å². The third-order valence-corrected chi connectivity index (χ3v) is 7.25. The Morgan fingerprint density at radius 2 is 1.57 bits per heavy atom. The first-order chi connectivity index (χ1) is 19.4. The van der Waals surface area contributed by atoms with Crippen LogP contribution in [0.2, 0.25) is 5.02 Å². The topological polar surface area (TPSA) is 122 Å². The number of hydrogen-bond donors (Lipinski definition) is 4. The molecule has 1 fully saturated rings. The highest BCUT2D eigenvalue weighted by Crippen LogP contribution is 2.26. The number of aromatic nitrogens is 4. The van der Waals surface area contributed by atoms with Gasteiger partial charge in [-0.15, -0.1) is 0 Å². The Balaban J connectivity index is 1.09. The van der Waals surface area contributed by atoms with Gasteiger partial charge in [0.25, 0.3) is 11.8 Å². The van der Waals surface area contributed by atoms with Gasteiger partial charge in [-0.2, -0.15) is 0 Å². The van der Waals surface area contributed by atoms with E-state index in [1.807, 2.05) is 67.6 Å². The highest BCUT2D eigenvalue weighted by Gasteiger charge is 2.23. The number of piperazine rings is 1. The van der Waals surface area contributed by atoms with Gasteiger partial charge in [0.2, 0.25) is 5.95 Å². The number of halogens is 1. The summed E-state index contributed by atoms with van der Waals surface area (Å²) in [5.74, 6) is -0.720. The number of carbonyl (C=O) groups is 2. The van der Waals surface area contributed by atoms with Crippen molar-refractivity contribution in [3.8, 4) is 0 Å². The van der Waals surface area contributed by atoms with Gasteiger partial charge in [-0.25, -0.2) is 9.97 Å². The van der Waals surface area contributed by atoms with Crippen molar-refractivity contribution in [3.63, 3.8) is 0 Å². The molecule has 3 aromatic carbocycles. The Labute approximate surface area is 235 Å². The van der Waals surface area contributed by atoms with E-state index in [0.29, 0.717) is 5.69 Å². The lowest BCUT2D eigenvalue weighted by atomic mass is 10.1. The van der Waals surface area contributed by atoms with Gasteiger partial charge in [-0.3, -0.25) is 14.9 Å². The van der Waals surface area contributed by atoms with Crippen molar-refractivity contribution in [3.05, 3.63) is 95.0 Å². The fourth-order valence-corrected chi connectivity index (χ4v) is 4.99. The fraction of sp³-hybridized carbons (Fsp3) is 0.172. The predicted molar refractivity (Wildman–Crippen MR) is 158 cm³/mol. The largest absolute Gasteiger partial charge is 0.368 e. The second-order valence-corrected chi connectivity index (χ2v) is 10.0. The molecule has 0 atom stereocenters. The number of hydrogen-bond acceptors (Lipinski definition) is 6. The molecular formula is C29H27ClN8O2. The van der Waals surface area contributed by atoms with E-state index < -0.39 is 11.8 Å². The predicted octanol–water partition coefficient (Wildman–Crippen LogP) is 5.08. The third kappa shape index (κ3) is 5.21. The maximum atomic E-state index is 13.1.